The standard InChI is InChI=1S/C11H12N2S/c1-2-4-10-8-13-5-6-14-11(13)12-7-9(10)3-1/h1-4,7,10H,5-6,8H2. The Morgan fingerprint density at radius 1 is 1.43 bits per heavy atom. The van der Waals surface area contributed by atoms with Crippen LogP contribution in [0.1, 0.15) is 0 Å². The second kappa shape index (κ2) is 3.31. The summed E-state index contributed by atoms with van der Waals surface area (Å²) in [4.78, 5) is 6.92. The van der Waals surface area contributed by atoms with Crippen molar-refractivity contribution in [3.63, 3.8) is 0 Å². The summed E-state index contributed by atoms with van der Waals surface area (Å²) in [6.07, 6.45) is 10.7. The molecule has 0 aromatic heterocycles. The second-order valence-electron chi connectivity index (χ2n) is 3.69. The molecule has 14 heavy (non-hydrogen) atoms. The molecule has 0 saturated carbocycles. The molecule has 3 aliphatic rings. The Bertz CT molecular complexity index is 365. The first kappa shape index (κ1) is 8.36. The lowest BCUT2D eigenvalue weighted by molar-refractivity contribution is 0.432. The molecule has 0 spiro atoms. The lowest BCUT2D eigenvalue weighted by Crippen LogP contribution is -2.29. The van der Waals surface area contributed by atoms with Crippen LogP contribution in [0, 0.1) is 5.92 Å². The highest BCUT2D eigenvalue weighted by Crippen LogP contribution is 2.28. The van der Waals surface area contributed by atoms with Gasteiger partial charge in [0.15, 0.2) is 5.17 Å². The number of hydrogen-bond donors (Lipinski definition) is 0. The minimum absolute atomic E-state index is 0.542. The third kappa shape index (κ3) is 1.32. The van der Waals surface area contributed by atoms with E-state index in [0.29, 0.717) is 5.92 Å². The van der Waals surface area contributed by atoms with Crippen LogP contribution in [-0.4, -0.2) is 28.9 Å². The van der Waals surface area contributed by atoms with Crippen LogP contribution in [0.3, 0.4) is 0 Å². The van der Waals surface area contributed by atoms with E-state index < -0.39 is 0 Å². The fourth-order valence-electron chi connectivity index (χ4n) is 1.99. The summed E-state index contributed by atoms with van der Waals surface area (Å²) in [6, 6.07) is 0. The van der Waals surface area contributed by atoms with E-state index in [1.165, 1.54) is 16.5 Å². The Labute approximate surface area is 88.1 Å². The third-order valence-electron chi connectivity index (χ3n) is 2.78. The molecule has 0 N–H and O–H groups in total. The second-order valence-corrected chi connectivity index (χ2v) is 4.75. The molecule has 0 bridgehead atoms. The molecule has 72 valence electrons. The zero-order valence-corrected chi connectivity index (χ0v) is 8.70. The first-order chi connectivity index (χ1) is 6.93. The van der Waals surface area contributed by atoms with Crippen LogP contribution >= 0.6 is 11.8 Å². The van der Waals surface area contributed by atoms with Gasteiger partial charge in [0.1, 0.15) is 0 Å². The normalized spacial score (nSPS) is 29.1. The Kier molecular flexibility index (Phi) is 1.98. The summed E-state index contributed by atoms with van der Waals surface area (Å²) < 4.78 is 0. The predicted molar refractivity (Wildman–Crippen MR) is 61.3 cm³/mol. The maximum atomic E-state index is 4.53. The van der Waals surface area contributed by atoms with Crippen molar-refractivity contribution < 1.29 is 0 Å². The van der Waals surface area contributed by atoms with Gasteiger partial charge in [0, 0.05) is 31.0 Å². The van der Waals surface area contributed by atoms with Crippen LogP contribution < -0.4 is 0 Å². The highest BCUT2D eigenvalue weighted by atomic mass is 32.2. The summed E-state index contributed by atoms with van der Waals surface area (Å²) in [7, 11) is 0. The number of amidine groups is 1. The minimum atomic E-state index is 0.542. The SMILES string of the molecule is C1=CC2=CN=C3SCCN3CC2C=C1. The number of fused-ring (bicyclic) bond motifs is 2. The van der Waals surface area contributed by atoms with Gasteiger partial charge in [-0.2, -0.15) is 0 Å². The zero-order valence-electron chi connectivity index (χ0n) is 7.89. The van der Waals surface area contributed by atoms with Gasteiger partial charge >= 0.3 is 0 Å². The number of nitrogens with zero attached hydrogens (tertiary/aromatic N) is 2. The zero-order chi connectivity index (χ0) is 9.38. The van der Waals surface area contributed by atoms with Crippen molar-refractivity contribution in [1.29, 1.82) is 0 Å². The molecule has 0 aromatic carbocycles. The Morgan fingerprint density at radius 3 is 3.43 bits per heavy atom. The van der Waals surface area contributed by atoms with Gasteiger partial charge in [-0.05, 0) is 5.57 Å². The fraction of sp³-hybridized carbons (Fsp3) is 0.364. The number of thioether (sulfide) groups is 1. The Morgan fingerprint density at radius 2 is 2.43 bits per heavy atom. The number of aliphatic imine (C=N–C) groups is 1. The smallest absolute Gasteiger partial charge is 0.163 e. The number of allylic oxidation sites excluding steroid dienone is 3. The van der Waals surface area contributed by atoms with Crippen molar-refractivity contribution in [2.45, 2.75) is 0 Å². The lowest BCUT2D eigenvalue weighted by Gasteiger charge is -2.21. The highest BCUT2D eigenvalue weighted by molar-refractivity contribution is 8.14. The lowest BCUT2D eigenvalue weighted by atomic mass is 9.95. The molecule has 0 aromatic rings. The molecule has 3 heteroatoms. The summed E-state index contributed by atoms with van der Waals surface area (Å²) >= 11 is 1.87. The van der Waals surface area contributed by atoms with Crippen molar-refractivity contribution in [1.82, 2.24) is 4.90 Å². The fourth-order valence-corrected chi connectivity index (χ4v) is 2.96. The summed E-state index contributed by atoms with van der Waals surface area (Å²) in [5.74, 6) is 1.73. The van der Waals surface area contributed by atoms with Gasteiger partial charge < -0.3 is 4.90 Å². The average Bonchev–Trinajstić information content (AvgIpc) is 2.58. The van der Waals surface area contributed by atoms with Crippen molar-refractivity contribution in [2.24, 2.45) is 10.9 Å². The van der Waals surface area contributed by atoms with Gasteiger partial charge in [0.2, 0.25) is 0 Å². The van der Waals surface area contributed by atoms with Gasteiger partial charge in [0.25, 0.3) is 0 Å². The summed E-state index contributed by atoms with van der Waals surface area (Å²) in [6.45, 7) is 2.25. The van der Waals surface area contributed by atoms with Crippen LogP contribution in [-0.2, 0) is 0 Å². The van der Waals surface area contributed by atoms with Crippen LogP contribution in [0.15, 0.2) is 41.1 Å². The van der Waals surface area contributed by atoms with Crippen molar-refractivity contribution in [3.8, 4) is 0 Å². The average molecular weight is 204 g/mol. The molecular formula is C11H12N2S. The number of rotatable bonds is 0. The predicted octanol–water partition coefficient (Wildman–Crippen LogP) is 2.03. The quantitative estimate of drug-likeness (QED) is 0.600. The van der Waals surface area contributed by atoms with Crippen LogP contribution in [0.5, 0.6) is 0 Å². The van der Waals surface area contributed by atoms with E-state index in [0.717, 1.165) is 13.1 Å². The maximum Gasteiger partial charge on any atom is 0.163 e. The van der Waals surface area contributed by atoms with Gasteiger partial charge in [-0.25, -0.2) is 4.99 Å². The molecule has 3 rings (SSSR count). The van der Waals surface area contributed by atoms with E-state index in [9.17, 15) is 0 Å². The van der Waals surface area contributed by atoms with Crippen LogP contribution in [0.4, 0.5) is 0 Å². The van der Waals surface area contributed by atoms with E-state index >= 15 is 0 Å². The van der Waals surface area contributed by atoms with E-state index in [1.54, 1.807) is 0 Å². The highest BCUT2D eigenvalue weighted by Gasteiger charge is 2.25. The molecule has 2 nitrogen and oxygen atoms in total. The molecule has 0 amide bonds. The first-order valence-corrected chi connectivity index (χ1v) is 5.92. The first-order valence-electron chi connectivity index (χ1n) is 4.94. The molecule has 1 saturated heterocycles. The minimum Gasteiger partial charge on any atom is -0.349 e. The molecule has 2 heterocycles. The van der Waals surface area contributed by atoms with Gasteiger partial charge in [-0.1, -0.05) is 36.1 Å². The monoisotopic (exact) mass is 204 g/mol. The third-order valence-corrected chi connectivity index (χ3v) is 3.78. The molecule has 0 radical (unpaired) electrons. The van der Waals surface area contributed by atoms with E-state index in [-0.39, 0.29) is 0 Å². The van der Waals surface area contributed by atoms with Gasteiger partial charge in [0.05, 0.1) is 0 Å². The molecule has 1 aliphatic carbocycles. The topological polar surface area (TPSA) is 15.6 Å². The van der Waals surface area contributed by atoms with E-state index in [1.807, 2.05) is 18.0 Å². The van der Waals surface area contributed by atoms with Gasteiger partial charge in [-0.3, -0.25) is 0 Å². The molecule has 1 fully saturated rings. The van der Waals surface area contributed by atoms with E-state index in [4.69, 9.17) is 0 Å². The van der Waals surface area contributed by atoms with Gasteiger partial charge in [-0.15, -0.1) is 0 Å². The largest absolute Gasteiger partial charge is 0.349 e. The number of hydrogen-bond acceptors (Lipinski definition) is 3. The molecule has 1 unspecified atom stereocenters. The summed E-state index contributed by atoms with van der Waals surface area (Å²) in [5, 5.41) is 1.20. The van der Waals surface area contributed by atoms with Crippen molar-refractivity contribution in [2.75, 3.05) is 18.8 Å². The molecule has 1 atom stereocenters. The van der Waals surface area contributed by atoms with E-state index in [2.05, 4.69) is 34.2 Å². The van der Waals surface area contributed by atoms with Crippen LogP contribution in [0.25, 0.3) is 0 Å². The van der Waals surface area contributed by atoms with Crippen LogP contribution in [0.2, 0.25) is 0 Å². The Balaban J connectivity index is 1.95. The molecular weight excluding hydrogens is 192 g/mol. The molecule has 2 aliphatic heterocycles. The Hall–Kier alpha value is -0.960. The maximum absolute atomic E-state index is 4.53. The van der Waals surface area contributed by atoms with Crippen molar-refractivity contribution >= 4 is 16.9 Å². The summed E-state index contributed by atoms with van der Waals surface area (Å²) in [5.41, 5.74) is 1.34. The van der Waals surface area contributed by atoms with Crippen molar-refractivity contribution in [3.05, 3.63) is 36.1 Å².